The van der Waals surface area contributed by atoms with Crippen LogP contribution in [0, 0.1) is 0 Å². The fraction of sp³-hybridized carbons (Fsp3) is 0.556. The molecule has 1 saturated carbocycles. The second-order valence-electron chi connectivity index (χ2n) is 5.90. The molecule has 2 N–H and O–H groups in total. The van der Waals surface area contributed by atoms with Gasteiger partial charge in [-0.1, -0.05) is 26.2 Å². The van der Waals surface area contributed by atoms with E-state index in [1.54, 1.807) is 14.2 Å². The maximum atomic E-state index is 5.37. The molecule has 6 heteroatoms. The summed E-state index contributed by atoms with van der Waals surface area (Å²) in [6, 6.07) is 6.27. The van der Waals surface area contributed by atoms with Gasteiger partial charge in [-0.2, -0.15) is 5.10 Å². The molecule has 0 unspecified atom stereocenters. The van der Waals surface area contributed by atoms with Crippen molar-refractivity contribution in [2.45, 2.75) is 51.5 Å². The van der Waals surface area contributed by atoms with E-state index in [1.165, 1.54) is 32.1 Å². The molecule has 0 bridgehead atoms. The number of methoxy groups -OCH3 is 2. The number of nitrogens with zero attached hydrogens (tertiary/aromatic N) is 1. The molecule has 0 saturated heterocycles. The molecule has 5 nitrogen and oxygen atoms in total. The Morgan fingerprint density at radius 2 is 1.88 bits per heavy atom. The molecule has 1 aromatic rings. The van der Waals surface area contributed by atoms with E-state index in [9.17, 15) is 0 Å². The lowest BCUT2D eigenvalue weighted by atomic mass is 9.96. The predicted molar refractivity (Wildman–Crippen MR) is 102 cm³/mol. The maximum absolute atomic E-state index is 5.37. The third-order valence-electron chi connectivity index (χ3n) is 4.28. The Balaban J connectivity index is 2.01. The fourth-order valence-electron chi connectivity index (χ4n) is 2.95. The van der Waals surface area contributed by atoms with Crippen LogP contribution in [0.2, 0.25) is 0 Å². The lowest BCUT2D eigenvalue weighted by molar-refractivity contribution is 0.355. The number of hydrogen-bond acceptors (Lipinski definition) is 4. The van der Waals surface area contributed by atoms with Crippen LogP contribution < -0.4 is 20.2 Å². The number of hydrogen-bond donors (Lipinski definition) is 2. The van der Waals surface area contributed by atoms with Crippen LogP contribution in [-0.4, -0.2) is 31.1 Å². The molecule has 0 amide bonds. The highest BCUT2D eigenvalue weighted by atomic mass is 32.1. The number of hydrazone groups is 1. The van der Waals surface area contributed by atoms with Crippen molar-refractivity contribution >= 4 is 23.0 Å². The molecule has 1 aliphatic carbocycles. The Labute approximate surface area is 149 Å². The Morgan fingerprint density at radius 1 is 1.17 bits per heavy atom. The van der Waals surface area contributed by atoms with Gasteiger partial charge in [0.2, 0.25) is 0 Å². The van der Waals surface area contributed by atoms with Crippen molar-refractivity contribution in [3.63, 3.8) is 0 Å². The van der Waals surface area contributed by atoms with E-state index in [4.69, 9.17) is 21.7 Å². The van der Waals surface area contributed by atoms with E-state index >= 15 is 0 Å². The summed E-state index contributed by atoms with van der Waals surface area (Å²) in [6.45, 7) is 2.06. The van der Waals surface area contributed by atoms with Gasteiger partial charge in [-0.25, -0.2) is 0 Å². The van der Waals surface area contributed by atoms with Crippen LogP contribution in [0.3, 0.4) is 0 Å². The Kier molecular flexibility index (Phi) is 7.31. The quantitative estimate of drug-likeness (QED) is 0.467. The highest BCUT2D eigenvalue weighted by Crippen LogP contribution is 2.28. The van der Waals surface area contributed by atoms with Gasteiger partial charge >= 0.3 is 0 Å². The van der Waals surface area contributed by atoms with Gasteiger partial charge in [-0.15, -0.1) is 0 Å². The molecule has 0 aliphatic heterocycles. The van der Waals surface area contributed by atoms with E-state index in [1.807, 2.05) is 18.2 Å². The van der Waals surface area contributed by atoms with Crippen molar-refractivity contribution in [1.29, 1.82) is 0 Å². The maximum Gasteiger partial charge on any atom is 0.187 e. The minimum absolute atomic E-state index is 0.472. The molecule has 1 aromatic carbocycles. The normalized spacial score (nSPS) is 15.7. The first-order valence-corrected chi connectivity index (χ1v) is 8.94. The Bertz CT molecular complexity index is 584. The predicted octanol–water partition coefficient (Wildman–Crippen LogP) is 3.61. The molecule has 0 spiro atoms. The molecular weight excluding hydrogens is 322 g/mol. The zero-order valence-electron chi connectivity index (χ0n) is 14.7. The largest absolute Gasteiger partial charge is 0.493 e. The molecular formula is C18H27N3O2S. The van der Waals surface area contributed by atoms with E-state index in [0.717, 1.165) is 17.7 Å². The first kappa shape index (κ1) is 18.5. The number of rotatable bonds is 6. The second-order valence-corrected chi connectivity index (χ2v) is 6.31. The lowest BCUT2D eigenvalue weighted by Crippen LogP contribution is -2.41. The molecule has 24 heavy (non-hydrogen) atoms. The highest BCUT2D eigenvalue weighted by Gasteiger charge is 2.14. The van der Waals surface area contributed by atoms with Crippen LogP contribution in [-0.2, 0) is 0 Å². The number of thiocarbonyl (C=S) groups is 1. The average Bonchev–Trinajstić information content (AvgIpc) is 2.62. The lowest BCUT2D eigenvalue weighted by Gasteiger charge is -2.23. The summed E-state index contributed by atoms with van der Waals surface area (Å²) >= 11 is 5.37. The van der Waals surface area contributed by atoms with Crippen molar-refractivity contribution in [1.82, 2.24) is 10.7 Å². The summed E-state index contributed by atoms with van der Waals surface area (Å²) in [4.78, 5) is 0. The van der Waals surface area contributed by atoms with Gasteiger partial charge in [-0.05, 0) is 49.7 Å². The summed E-state index contributed by atoms with van der Waals surface area (Å²) in [6.07, 6.45) is 7.03. The average molecular weight is 350 g/mol. The standard InChI is InChI=1S/C18H27N3O2S/c1-4-15(13-10-11-16(22-2)17(12-13)23-3)20-21-18(24)19-14-8-6-5-7-9-14/h10-12,14H,4-9H2,1-3H3,(H2,19,21,24). The van der Waals surface area contributed by atoms with Crippen molar-refractivity contribution in [3.8, 4) is 11.5 Å². The first-order valence-electron chi connectivity index (χ1n) is 8.53. The van der Waals surface area contributed by atoms with E-state index < -0.39 is 0 Å². The monoisotopic (exact) mass is 349 g/mol. The minimum atomic E-state index is 0.472. The van der Waals surface area contributed by atoms with Crippen molar-refractivity contribution in [2.75, 3.05) is 14.2 Å². The van der Waals surface area contributed by atoms with Crippen LogP contribution in [0.4, 0.5) is 0 Å². The number of ether oxygens (including phenoxy) is 2. The summed E-state index contributed by atoms with van der Waals surface area (Å²) in [5.41, 5.74) is 4.89. The minimum Gasteiger partial charge on any atom is -0.493 e. The topological polar surface area (TPSA) is 54.9 Å². The van der Waals surface area contributed by atoms with E-state index in [-0.39, 0.29) is 0 Å². The Morgan fingerprint density at radius 3 is 2.50 bits per heavy atom. The fourth-order valence-corrected chi connectivity index (χ4v) is 3.16. The van der Waals surface area contributed by atoms with Crippen molar-refractivity contribution in [2.24, 2.45) is 5.10 Å². The van der Waals surface area contributed by atoms with Crippen LogP contribution in [0.25, 0.3) is 0 Å². The van der Waals surface area contributed by atoms with Crippen LogP contribution in [0.15, 0.2) is 23.3 Å². The summed E-state index contributed by atoms with van der Waals surface area (Å²) in [7, 11) is 3.26. The zero-order chi connectivity index (χ0) is 17.4. The smallest absolute Gasteiger partial charge is 0.187 e. The molecule has 0 aromatic heterocycles. The first-order chi connectivity index (χ1) is 11.7. The third kappa shape index (κ3) is 5.09. The van der Waals surface area contributed by atoms with Gasteiger partial charge in [-0.3, -0.25) is 5.43 Å². The summed E-state index contributed by atoms with van der Waals surface area (Å²) < 4.78 is 10.6. The summed E-state index contributed by atoms with van der Waals surface area (Å²) in [5, 5.41) is 8.43. The van der Waals surface area contributed by atoms with Crippen LogP contribution in [0.1, 0.15) is 51.0 Å². The van der Waals surface area contributed by atoms with Gasteiger partial charge < -0.3 is 14.8 Å². The molecule has 1 fully saturated rings. The zero-order valence-corrected chi connectivity index (χ0v) is 15.5. The molecule has 0 heterocycles. The number of benzene rings is 1. The molecule has 1 aliphatic rings. The van der Waals surface area contributed by atoms with Gasteiger partial charge in [0.1, 0.15) is 0 Å². The summed E-state index contributed by atoms with van der Waals surface area (Å²) in [5.74, 6) is 1.40. The van der Waals surface area contributed by atoms with Gasteiger partial charge in [0.15, 0.2) is 16.6 Å². The molecule has 0 radical (unpaired) electrons. The second kappa shape index (κ2) is 9.47. The molecule has 2 rings (SSSR count). The molecule has 0 atom stereocenters. The third-order valence-corrected chi connectivity index (χ3v) is 4.49. The van der Waals surface area contributed by atoms with Crippen molar-refractivity contribution in [3.05, 3.63) is 23.8 Å². The van der Waals surface area contributed by atoms with Gasteiger partial charge in [0.25, 0.3) is 0 Å². The van der Waals surface area contributed by atoms with Crippen LogP contribution >= 0.6 is 12.2 Å². The SMILES string of the molecule is CCC(=NNC(=S)NC1CCCCC1)c1ccc(OC)c(OC)c1. The van der Waals surface area contributed by atoms with Gasteiger partial charge in [0.05, 0.1) is 19.9 Å². The van der Waals surface area contributed by atoms with E-state index in [0.29, 0.717) is 22.7 Å². The number of nitrogens with one attached hydrogen (secondary N) is 2. The Hall–Kier alpha value is -1.82. The van der Waals surface area contributed by atoms with Crippen LogP contribution in [0.5, 0.6) is 11.5 Å². The van der Waals surface area contributed by atoms with Gasteiger partial charge in [0, 0.05) is 11.6 Å². The van der Waals surface area contributed by atoms with E-state index in [2.05, 4.69) is 22.8 Å². The molecule has 132 valence electrons. The highest BCUT2D eigenvalue weighted by molar-refractivity contribution is 7.80. The van der Waals surface area contributed by atoms with Crippen molar-refractivity contribution < 1.29 is 9.47 Å².